The highest BCUT2D eigenvalue weighted by molar-refractivity contribution is 9.10. The number of pyridine rings is 1. The summed E-state index contributed by atoms with van der Waals surface area (Å²) in [6, 6.07) is 9.25. The van der Waals surface area contributed by atoms with Gasteiger partial charge in [0.25, 0.3) is 0 Å². The lowest BCUT2D eigenvalue weighted by Crippen LogP contribution is -2.01. The molecule has 0 bridgehead atoms. The molecular formula is C12H9BrCl2N2. The van der Waals surface area contributed by atoms with Crippen LogP contribution in [0.3, 0.4) is 0 Å². The molecule has 0 radical (unpaired) electrons. The largest absolute Gasteiger partial charge is 0.379 e. The zero-order valence-electron chi connectivity index (χ0n) is 8.75. The number of anilines is 1. The van der Waals surface area contributed by atoms with E-state index < -0.39 is 0 Å². The summed E-state index contributed by atoms with van der Waals surface area (Å²) >= 11 is 15.2. The van der Waals surface area contributed by atoms with Crippen molar-refractivity contribution in [3.8, 4) is 0 Å². The Bertz CT molecular complexity index is 494. The number of halogens is 3. The molecule has 2 nitrogen and oxygen atoms in total. The van der Waals surface area contributed by atoms with Gasteiger partial charge >= 0.3 is 0 Å². The molecule has 0 unspecified atom stereocenters. The number of benzene rings is 1. The Balaban J connectivity index is 2.04. The number of nitrogens with zero attached hydrogens (tertiary/aromatic N) is 1. The second-order valence-corrected chi connectivity index (χ2v) is 5.27. The maximum atomic E-state index is 5.91. The van der Waals surface area contributed by atoms with Crippen LogP contribution in [0.4, 0.5) is 5.69 Å². The molecule has 88 valence electrons. The first kappa shape index (κ1) is 12.7. The molecule has 0 fully saturated rings. The van der Waals surface area contributed by atoms with Gasteiger partial charge in [0.2, 0.25) is 0 Å². The van der Waals surface area contributed by atoms with E-state index in [-0.39, 0.29) is 0 Å². The minimum absolute atomic E-state index is 0.615. The molecule has 5 heteroatoms. The molecular weight excluding hydrogens is 323 g/mol. The van der Waals surface area contributed by atoms with Crippen LogP contribution < -0.4 is 5.32 Å². The normalized spacial score (nSPS) is 10.3. The highest BCUT2D eigenvalue weighted by Crippen LogP contribution is 2.22. The van der Waals surface area contributed by atoms with Crippen molar-refractivity contribution in [3.63, 3.8) is 0 Å². The monoisotopic (exact) mass is 330 g/mol. The lowest BCUT2D eigenvalue weighted by Gasteiger charge is -2.07. The molecule has 1 heterocycles. The van der Waals surface area contributed by atoms with Crippen LogP contribution in [0.2, 0.25) is 10.0 Å². The van der Waals surface area contributed by atoms with Gasteiger partial charge in [-0.1, -0.05) is 23.2 Å². The van der Waals surface area contributed by atoms with Crippen LogP contribution in [0.15, 0.2) is 41.0 Å². The molecule has 17 heavy (non-hydrogen) atoms. The lowest BCUT2D eigenvalue weighted by molar-refractivity contribution is 1.04. The highest BCUT2D eigenvalue weighted by Gasteiger charge is 1.99. The molecule has 0 spiro atoms. The van der Waals surface area contributed by atoms with Crippen LogP contribution in [-0.2, 0) is 6.54 Å². The van der Waals surface area contributed by atoms with Crippen molar-refractivity contribution in [3.05, 3.63) is 56.7 Å². The van der Waals surface area contributed by atoms with Gasteiger partial charge in [0, 0.05) is 26.4 Å². The summed E-state index contributed by atoms with van der Waals surface area (Å²) in [7, 11) is 0. The Morgan fingerprint density at radius 2 is 1.82 bits per heavy atom. The number of hydrogen-bond acceptors (Lipinski definition) is 2. The van der Waals surface area contributed by atoms with Gasteiger partial charge in [-0.3, -0.25) is 4.98 Å². The quantitative estimate of drug-likeness (QED) is 0.876. The topological polar surface area (TPSA) is 24.9 Å². The summed E-state index contributed by atoms with van der Waals surface area (Å²) in [5.74, 6) is 0. The molecule has 1 aromatic carbocycles. The summed E-state index contributed by atoms with van der Waals surface area (Å²) in [5, 5.41) is 4.44. The van der Waals surface area contributed by atoms with E-state index in [2.05, 4.69) is 26.2 Å². The average Bonchev–Trinajstić information content (AvgIpc) is 2.27. The lowest BCUT2D eigenvalue weighted by atomic mass is 10.3. The first-order chi connectivity index (χ1) is 8.13. The van der Waals surface area contributed by atoms with Gasteiger partial charge in [0.1, 0.15) is 0 Å². The van der Waals surface area contributed by atoms with Gasteiger partial charge in [-0.2, -0.15) is 0 Å². The zero-order chi connectivity index (χ0) is 12.3. The van der Waals surface area contributed by atoms with E-state index in [9.17, 15) is 0 Å². The predicted molar refractivity (Wildman–Crippen MR) is 75.7 cm³/mol. The summed E-state index contributed by atoms with van der Waals surface area (Å²) in [4.78, 5) is 4.26. The molecule has 0 saturated heterocycles. The van der Waals surface area contributed by atoms with Crippen molar-refractivity contribution in [2.75, 3.05) is 5.32 Å². The van der Waals surface area contributed by atoms with Gasteiger partial charge in [-0.15, -0.1) is 0 Å². The second kappa shape index (κ2) is 5.71. The minimum Gasteiger partial charge on any atom is -0.379 e. The SMILES string of the molecule is Clc1cc(Cl)cc(NCc2ccc(Br)cn2)c1. The summed E-state index contributed by atoms with van der Waals surface area (Å²) in [6.45, 7) is 0.629. The number of rotatable bonds is 3. The van der Waals surface area contributed by atoms with E-state index in [1.807, 2.05) is 24.3 Å². The van der Waals surface area contributed by atoms with Crippen LogP contribution in [-0.4, -0.2) is 4.98 Å². The summed E-state index contributed by atoms with van der Waals surface area (Å²) < 4.78 is 0.965. The number of nitrogens with one attached hydrogen (secondary N) is 1. The van der Waals surface area contributed by atoms with E-state index in [4.69, 9.17) is 23.2 Å². The van der Waals surface area contributed by atoms with E-state index in [1.54, 1.807) is 12.3 Å². The van der Waals surface area contributed by atoms with Crippen LogP contribution >= 0.6 is 39.1 Å². The molecule has 0 amide bonds. The van der Waals surface area contributed by atoms with Crippen molar-refractivity contribution >= 4 is 44.8 Å². The Labute approximate surface area is 118 Å². The zero-order valence-corrected chi connectivity index (χ0v) is 11.9. The van der Waals surface area contributed by atoms with Crippen LogP contribution in [0.5, 0.6) is 0 Å². The second-order valence-electron chi connectivity index (χ2n) is 3.48. The summed E-state index contributed by atoms with van der Waals surface area (Å²) in [6.07, 6.45) is 1.77. The molecule has 1 N–H and O–H groups in total. The number of hydrogen-bond donors (Lipinski definition) is 1. The Morgan fingerprint density at radius 1 is 1.12 bits per heavy atom. The van der Waals surface area contributed by atoms with Gasteiger partial charge in [0.15, 0.2) is 0 Å². The standard InChI is InChI=1S/C12H9BrCl2N2/c13-8-1-2-11(16-6-8)7-17-12-4-9(14)3-10(15)5-12/h1-6,17H,7H2. The minimum atomic E-state index is 0.615. The maximum Gasteiger partial charge on any atom is 0.0595 e. The van der Waals surface area contributed by atoms with Crippen molar-refractivity contribution in [1.82, 2.24) is 4.98 Å². The molecule has 0 aliphatic heterocycles. The van der Waals surface area contributed by atoms with E-state index in [0.717, 1.165) is 15.9 Å². The fourth-order valence-electron chi connectivity index (χ4n) is 1.36. The first-order valence-corrected chi connectivity index (χ1v) is 6.49. The van der Waals surface area contributed by atoms with E-state index in [1.165, 1.54) is 0 Å². The number of aromatic nitrogens is 1. The van der Waals surface area contributed by atoms with Crippen molar-refractivity contribution in [2.45, 2.75) is 6.54 Å². The van der Waals surface area contributed by atoms with Crippen LogP contribution in [0.25, 0.3) is 0 Å². The van der Waals surface area contributed by atoms with Gasteiger partial charge in [-0.25, -0.2) is 0 Å². The third kappa shape index (κ3) is 3.87. The third-order valence-corrected chi connectivity index (χ3v) is 3.03. The Kier molecular flexibility index (Phi) is 4.26. The average molecular weight is 332 g/mol. The molecule has 0 atom stereocenters. The molecule has 0 aliphatic carbocycles. The fraction of sp³-hybridized carbons (Fsp3) is 0.0833. The van der Waals surface area contributed by atoms with Gasteiger partial charge in [-0.05, 0) is 46.3 Å². The van der Waals surface area contributed by atoms with Crippen molar-refractivity contribution in [2.24, 2.45) is 0 Å². The highest BCUT2D eigenvalue weighted by atomic mass is 79.9. The van der Waals surface area contributed by atoms with Gasteiger partial charge < -0.3 is 5.32 Å². The smallest absolute Gasteiger partial charge is 0.0595 e. The van der Waals surface area contributed by atoms with E-state index >= 15 is 0 Å². The van der Waals surface area contributed by atoms with Crippen LogP contribution in [0, 0.1) is 0 Å². The molecule has 1 aromatic heterocycles. The third-order valence-electron chi connectivity index (χ3n) is 2.12. The maximum absolute atomic E-state index is 5.91. The Morgan fingerprint density at radius 3 is 2.41 bits per heavy atom. The molecule has 2 aromatic rings. The summed E-state index contributed by atoms with van der Waals surface area (Å²) in [5.41, 5.74) is 1.83. The van der Waals surface area contributed by atoms with Gasteiger partial charge in [0.05, 0.1) is 12.2 Å². The first-order valence-electron chi connectivity index (χ1n) is 4.94. The van der Waals surface area contributed by atoms with Crippen LogP contribution in [0.1, 0.15) is 5.69 Å². The molecule has 2 rings (SSSR count). The fourth-order valence-corrected chi connectivity index (χ4v) is 2.12. The Hall–Kier alpha value is -0.770. The van der Waals surface area contributed by atoms with Crippen molar-refractivity contribution < 1.29 is 0 Å². The van der Waals surface area contributed by atoms with Crippen molar-refractivity contribution in [1.29, 1.82) is 0 Å². The predicted octanol–water partition coefficient (Wildman–Crippen LogP) is 4.76. The van der Waals surface area contributed by atoms with E-state index in [0.29, 0.717) is 16.6 Å². The molecule has 0 aliphatic rings. The molecule has 0 saturated carbocycles.